The largest absolute Gasteiger partial charge is 0.383 e. The number of hydrogen-bond donors (Lipinski definition) is 1. The van der Waals surface area contributed by atoms with E-state index in [0.717, 1.165) is 18.8 Å². The summed E-state index contributed by atoms with van der Waals surface area (Å²) in [5, 5.41) is 2.92. The van der Waals surface area contributed by atoms with Gasteiger partial charge in [0.05, 0.1) is 6.61 Å². The maximum Gasteiger partial charge on any atom is 0.251 e. The third-order valence-electron chi connectivity index (χ3n) is 4.13. The molecule has 1 N–H and O–H groups in total. The lowest BCUT2D eigenvalue weighted by atomic mass is 10.1. The average Bonchev–Trinajstić information content (AvgIpc) is 2.99. The van der Waals surface area contributed by atoms with E-state index in [4.69, 9.17) is 4.74 Å². The zero-order chi connectivity index (χ0) is 16.2. The Morgan fingerprint density at radius 2 is 1.74 bits per heavy atom. The number of carbonyl (C=O) groups is 1. The highest BCUT2D eigenvalue weighted by Gasteiger charge is 2.18. The van der Waals surface area contributed by atoms with Crippen molar-refractivity contribution in [1.82, 2.24) is 5.32 Å². The number of anilines is 1. The minimum absolute atomic E-state index is 0.000239. The molecule has 23 heavy (non-hydrogen) atoms. The molecule has 2 aromatic carbocycles. The number of benzene rings is 2. The first-order valence-corrected chi connectivity index (χ1v) is 7.89. The summed E-state index contributed by atoms with van der Waals surface area (Å²) in [4.78, 5) is 14.5. The minimum Gasteiger partial charge on any atom is -0.383 e. The van der Waals surface area contributed by atoms with Crippen LogP contribution in [0.15, 0.2) is 48.5 Å². The molecule has 2 aromatic rings. The van der Waals surface area contributed by atoms with E-state index >= 15 is 0 Å². The topological polar surface area (TPSA) is 41.6 Å². The van der Waals surface area contributed by atoms with Crippen LogP contribution in [0, 0.1) is 0 Å². The third kappa shape index (κ3) is 3.54. The fourth-order valence-electron chi connectivity index (χ4n) is 2.94. The van der Waals surface area contributed by atoms with Gasteiger partial charge >= 0.3 is 0 Å². The Morgan fingerprint density at radius 1 is 1.13 bits per heavy atom. The third-order valence-corrected chi connectivity index (χ3v) is 4.13. The molecule has 0 aliphatic carbocycles. The van der Waals surface area contributed by atoms with Crippen LogP contribution in [-0.4, -0.2) is 25.7 Å². The van der Waals surface area contributed by atoms with E-state index in [1.165, 1.54) is 11.1 Å². The number of methoxy groups -OCH3 is 1. The van der Waals surface area contributed by atoms with E-state index in [1.54, 1.807) is 7.11 Å². The highest BCUT2D eigenvalue weighted by atomic mass is 16.5. The van der Waals surface area contributed by atoms with Crippen LogP contribution < -0.4 is 10.2 Å². The number of rotatable bonds is 5. The number of ether oxygens (including phenoxy) is 1. The Kier molecular flexibility index (Phi) is 4.63. The van der Waals surface area contributed by atoms with E-state index in [9.17, 15) is 4.79 Å². The Bertz CT molecular complexity index is 657. The number of fused-ring (bicyclic) bond motifs is 1. The van der Waals surface area contributed by atoms with Gasteiger partial charge in [0, 0.05) is 37.5 Å². The summed E-state index contributed by atoms with van der Waals surface area (Å²) >= 11 is 0. The van der Waals surface area contributed by atoms with Gasteiger partial charge in [-0.2, -0.15) is 0 Å². The molecule has 1 aliphatic rings. The van der Waals surface area contributed by atoms with Crippen LogP contribution in [0.3, 0.4) is 0 Å². The Morgan fingerprint density at radius 3 is 2.30 bits per heavy atom. The van der Waals surface area contributed by atoms with Gasteiger partial charge in [0.1, 0.15) is 0 Å². The molecule has 1 heterocycles. The van der Waals surface area contributed by atoms with Gasteiger partial charge in [-0.3, -0.25) is 4.79 Å². The summed E-state index contributed by atoms with van der Waals surface area (Å²) in [6.45, 7) is 4.28. The molecular formula is C19H22N2O2. The molecule has 1 aliphatic heterocycles. The van der Waals surface area contributed by atoms with Gasteiger partial charge in [-0.25, -0.2) is 0 Å². The molecule has 0 aromatic heterocycles. The zero-order valence-electron chi connectivity index (χ0n) is 13.6. The predicted molar refractivity (Wildman–Crippen MR) is 91.6 cm³/mol. The van der Waals surface area contributed by atoms with Crippen LogP contribution in [0.1, 0.15) is 28.4 Å². The Balaban J connectivity index is 1.65. The zero-order valence-corrected chi connectivity index (χ0v) is 13.6. The fourth-order valence-corrected chi connectivity index (χ4v) is 2.94. The summed E-state index contributed by atoms with van der Waals surface area (Å²) in [5.74, 6) is -0.0641. The molecule has 0 radical (unpaired) electrons. The summed E-state index contributed by atoms with van der Waals surface area (Å²) in [7, 11) is 1.63. The van der Waals surface area contributed by atoms with E-state index < -0.39 is 0 Å². The fraction of sp³-hybridized carbons (Fsp3) is 0.316. The summed E-state index contributed by atoms with van der Waals surface area (Å²) < 4.78 is 5.04. The van der Waals surface area contributed by atoms with Crippen molar-refractivity contribution >= 4 is 11.6 Å². The second kappa shape index (κ2) is 6.84. The molecule has 1 amide bonds. The van der Waals surface area contributed by atoms with Crippen molar-refractivity contribution in [3.8, 4) is 0 Å². The minimum atomic E-state index is -0.0641. The van der Waals surface area contributed by atoms with E-state index in [1.807, 2.05) is 31.2 Å². The first-order chi connectivity index (χ1) is 11.2. The molecule has 1 unspecified atom stereocenters. The van der Waals surface area contributed by atoms with Gasteiger partial charge in [-0.05, 0) is 42.3 Å². The van der Waals surface area contributed by atoms with Crippen molar-refractivity contribution < 1.29 is 9.53 Å². The van der Waals surface area contributed by atoms with Crippen molar-refractivity contribution in [2.45, 2.75) is 26.1 Å². The monoisotopic (exact) mass is 310 g/mol. The molecule has 4 nitrogen and oxygen atoms in total. The molecule has 0 saturated heterocycles. The highest BCUT2D eigenvalue weighted by molar-refractivity contribution is 5.94. The Hall–Kier alpha value is -2.33. The average molecular weight is 310 g/mol. The van der Waals surface area contributed by atoms with Gasteiger partial charge in [0.25, 0.3) is 5.91 Å². The van der Waals surface area contributed by atoms with Crippen molar-refractivity contribution in [3.05, 3.63) is 65.2 Å². The van der Waals surface area contributed by atoms with Crippen LogP contribution in [0.2, 0.25) is 0 Å². The smallest absolute Gasteiger partial charge is 0.251 e. The molecule has 3 rings (SSSR count). The van der Waals surface area contributed by atoms with Crippen LogP contribution in [0.25, 0.3) is 0 Å². The molecule has 0 spiro atoms. The molecular weight excluding hydrogens is 288 g/mol. The maximum atomic E-state index is 12.2. The number of nitrogens with one attached hydrogen (secondary N) is 1. The van der Waals surface area contributed by atoms with Gasteiger partial charge in [-0.1, -0.05) is 24.3 Å². The molecule has 0 saturated carbocycles. The van der Waals surface area contributed by atoms with Crippen molar-refractivity contribution in [1.29, 1.82) is 0 Å². The van der Waals surface area contributed by atoms with Gasteiger partial charge in [0.2, 0.25) is 0 Å². The van der Waals surface area contributed by atoms with Crippen LogP contribution in [0.5, 0.6) is 0 Å². The van der Waals surface area contributed by atoms with Crippen LogP contribution >= 0.6 is 0 Å². The molecule has 120 valence electrons. The SMILES string of the molecule is COCC(C)NC(=O)c1ccc(N2Cc3ccccc3C2)cc1. The molecule has 1 atom stereocenters. The molecule has 0 fully saturated rings. The maximum absolute atomic E-state index is 12.2. The van der Waals surface area contributed by atoms with E-state index in [2.05, 4.69) is 34.5 Å². The summed E-state index contributed by atoms with van der Waals surface area (Å²) in [5.41, 5.74) is 4.57. The summed E-state index contributed by atoms with van der Waals surface area (Å²) in [6.07, 6.45) is 0. The predicted octanol–water partition coefficient (Wildman–Crippen LogP) is 2.97. The van der Waals surface area contributed by atoms with E-state index in [0.29, 0.717) is 12.2 Å². The standard InChI is InChI=1S/C19H22N2O2/c1-14(13-23-2)20-19(22)15-7-9-18(10-8-15)21-11-16-5-3-4-6-17(16)12-21/h3-10,14H,11-13H2,1-2H3,(H,20,22). The first-order valence-electron chi connectivity index (χ1n) is 7.89. The van der Waals surface area contributed by atoms with E-state index in [-0.39, 0.29) is 11.9 Å². The van der Waals surface area contributed by atoms with Gasteiger partial charge in [-0.15, -0.1) is 0 Å². The van der Waals surface area contributed by atoms with Gasteiger partial charge < -0.3 is 15.0 Å². The van der Waals surface area contributed by atoms with Crippen molar-refractivity contribution in [2.24, 2.45) is 0 Å². The molecule has 0 bridgehead atoms. The normalized spacial score (nSPS) is 14.4. The second-order valence-corrected chi connectivity index (χ2v) is 6.00. The highest BCUT2D eigenvalue weighted by Crippen LogP contribution is 2.28. The summed E-state index contributed by atoms with van der Waals surface area (Å²) in [6, 6.07) is 16.3. The van der Waals surface area contributed by atoms with Gasteiger partial charge in [0.15, 0.2) is 0 Å². The van der Waals surface area contributed by atoms with Crippen molar-refractivity contribution in [2.75, 3.05) is 18.6 Å². The second-order valence-electron chi connectivity index (χ2n) is 6.00. The lowest BCUT2D eigenvalue weighted by Gasteiger charge is -2.18. The molecule has 4 heteroatoms. The number of nitrogens with zero attached hydrogens (tertiary/aromatic N) is 1. The van der Waals surface area contributed by atoms with Crippen LogP contribution in [-0.2, 0) is 17.8 Å². The number of carbonyl (C=O) groups excluding carboxylic acids is 1. The van der Waals surface area contributed by atoms with Crippen molar-refractivity contribution in [3.63, 3.8) is 0 Å². The van der Waals surface area contributed by atoms with Crippen LogP contribution in [0.4, 0.5) is 5.69 Å². The lowest BCUT2D eigenvalue weighted by molar-refractivity contribution is 0.0905. The Labute approximate surface area is 137 Å². The number of hydrogen-bond acceptors (Lipinski definition) is 3. The first kappa shape index (κ1) is 15.6. The lowest BCUT2D eigenvalue weighted by Crippen LogP contribution is -2.35. The number of amides is 1. The quantitative estimate of drug-likeness (QED) is 0.923.